The Hall–Kier alpha value is -0.750. The Bertz CT molecular complexity index is 461. The molecule has 6 heteroatoms. The lowest BCUT2D eigenvalue weighted by Crippen LogP contribution is -2.40. The molecule has 2 N–H and O–H groups in total. The zero-order valence-corrected chi connectivity index (χ0v) is 13.2. The van der Waals surface area contributed by atoms with Crippen molar-refractivity contribution in [3.63, 3.8) is 0 Å². The van der Waals surface area contributed by atoms with Gasteiger partial charge >= 0.3 is 5.97 Å². The summed E-state index contributed by atoms with van der Waals surface area (Å²) in [5, 5.41) is 15.2. The molecule has 1 aliphatic rings. The molecule has 0 amide bonds. The van der Waals surface area contributed by atoms with Gasteiger partial charge in [0, 0.05) is 16.7 Å². The Balaban J connectivity index is 2.00. The van der Waals surface area contributed by atoms with Crippen molar-refractivity contribution in [2.45, 2.75) is 43.3 Å². The summed E-state index contributed by atoms with van der Waals surface area (Å²) >= 11 is 3.40. The number of rotatable bonds is 6. The molecule has 0 aliphatic heterocycles. The van der Waals surface area contributed by atoms with Crippen molar-refractivity contribution in [1.82, 2.24) is 4.98 Å². The average Bonchev–Trinajstić information content (AvgIpc) is 2.77. The Labute approximate surface area is 122 Å². The lowest BCUT2D eigenvalue weighted by Gasteiger charge is -2.40. The molecule has 1 heterocycles. The number of carbonyl (C=O) groups is 1. The van der Waals surface area contributed by atoms with E-state index >= 15 is 0 Å². The van der Waals surface area contributed by atoms with Gasteiger partial charge in [0.25, 0.3) is 0 Å². The van der Waals surface area contributed by atoms with E-state index in [0.717, 1.165) is 11.7 Å². The number of carboxylic acid groups (broad SMARTS) is 1. The number of hydrogen-bond donors (Lipinski definition) is 2. The molecule has 4 nitrogen and oxygen atoms in total. The molecule has 0 bridgehead atoms. The predicted octanol–water partition coefficient (Wildman–Crippen LogP) is 3.20. The van der Waals surface area contributed by atoms with Gasteiger partial charge in [0.2, 0.25) is 0 Å². The van der Waals surface area contributed by atoms with E-state index in [0.29, 0.717) is 10.4 Å². The second kappa shape index (κ2) is 5.32. The van der Waals surface area contributed by atoms with Crippen LogP contribution in [0.25, 0.3) is 0 Å². The number of carboxylic acids is 1. The van der Waals surface area contributed by atoms with Gasteiger partial charge in [-0.05, 0) is 32.9 Å². The molecular weight excluding hydrogens is 280 g/mol. The summed E-state index contributed by atoms with van der Waals surface area (Å²) < 4.78 is 0.355. The van der Waals surface area contributed by atoms with Gasteiger partial charge in [0.15, 0.2) is 5.13 Å². The van der Waals surface area contributed by atoms with Gasteiger partial charge in [-0.2, -0.15) is 11.8 Å². The number of anilines is 1. The zero-order valence-electron chi connectivity index (χ0n) is 11.5. The van der Waals surface area contributed by atoms with Crippen molar-refractivity contribution in [3.8, 4) is 0 Å². The molecule has 106 valence electrons. The Morgan fingerprint density at radius 2 is 2.32 bits per heavy atom. The van der Waals surface area contributed by atoms with Gasteiger partial charge < -0.3 is 10.4 Å². The molecule has 0 saturated heterocycles. The molecule has 1 aliphatic carbocycles. The molecule has 0 radical (unpaired) electrons. The SMILES string of the molecule is CSC1(CNc2nc(C(C)(C)C(=O)O)cs2)CCC1. The van der Waals surface area contributed by atoms with Crippen molar-refractivity contribution in [1.29, 1.82) is 0 Å². The molecule has 1 aromatic rings. The Kier molecular flexibility index (Phi) is 4.11. The highest BCUT2D eigenvalue weighted by Crippen LogP contribution is 2.43. The van der Waals surface area contributed by atoms with Crippen LogP contribution in [0.2, 0.25) is 0 Å². The highest BCUT2D eigenvalue weighted by molar-refractivity contribution is 8.00. The number of nitrogens with zero attached hydrogens (tertiary/aromatic N) is 1. The molecule has 2 rings (SSSR count). The van der Waals surface area contributed by atoms with Crippen molar-refractivity contribution in [2.24, 2.45) is 0 Å². The lowest BCUT2D eigenvalue weighted by molar-refractivity contribution is -0.142. The standard InChI is InChI=1S/C13H20N2O2S2/c1-12(2,10(16)17)9-7-19-11(15-9)14-8-13(18-3)5-4-6-13/h7H,4-6,8H2,1-3H3,(H,14,15)(H,16,17). The minimum absolute atomic E-state index is 0.355. The van der Waals surface area contributed by atoms with E-state index in [4.69, 9.17) is 0 Å². The molecule has 1 fully saturated rings. The van der Waals surface area contributed by atoms with E-state index in [1.54, 1.807) is 13.8 Å². The second-order valence-electron chi connectivity index (χ2n) is 5.56. The number of aromatic nitrogens is 1. The van der Waals surface area contributed by atoms with Crippen LogP contribution >= 0.6 is 23.1 Å². The zero-order chi connectivity index (χ0) is 14.1. The fourth-order valence-electron chi connectivity index (χ4n) is 2.01. The minimum Gasteiger partial charge on any atom is -0.481 e. The van der Waals surface area contributed by atoms with Crippen LogP contribution < -0.4 is 5.32 Å². The highest BCUT2D eigenvalue weighted by Gasteiger charge is 2.36. The van der Waals surface area contributed by atoms with Gasteiger partial charge in [0.1, 0.15) is 5.41 Å². The van der Waals surface area contributed by atoms with E-state index in [2.05, 4.69) is 16.6 Å². The fourth-order valence-corrected chi connectivity index (χ4v) is 3.80. The maximum Gasteiger partial charge on any atom is 0.315 e. The molecule has 1 saturated carbocycles. The molecule has 0 atom stereocenters. The number of nitrogens with one attached hydrogen (secondary N) is 1. The van der Waals surface area contributed by atoms with Crippen LogP contribution in [0.4, 0.5) is 5.13 Å². The smallest absolute Gasteiger partial charge is 0.315 e. The van der Waals surface area contributed by atoms with E-state index in [-0.39, 0.29) is 0 Å². The molecule has 0 unspecified atom stereocenters. The Morgan fingerprint density at radius 1 is 1.63 bits per heavy atom. The summed E-state index contributed by atoms with van der Waals surface area (Å²) in [7, 11) is 0. The van der Waals surface area contributed by atoms with Crippen molar-refractivity contribution in [2.75, 3.05) is 18.1 Å². The van der Waals surface area contributed by atoms with Crippen molar-refractivity contribution >= 4 is 34.2 Å². The first-order valence-corrected chi connectivity index (χ1v) is 8.48. The van der Waals surface area contributed by atoms with Crippen molar-refractivity contribution < 1.29 is 9.90 Å². The van der Waals surface area contributed by atoms with Gasteiger partial charge in [-0.15, -0.1) is 11.3 Å². The molecular formula is C13H20N2O2S2. The summed E-state index contributed by atoms with van der Waals surface area (Å²) in [5.74, 6) is -0.844. The summed E-state index contributed by atoms with van der Waals surface area (Å²) in [6, 6.07) is 0. The minimum atomic E-state index is -0.926. The quantitative estimate of drug-likeness (QED) is 0.844. The normalized spacial score (nSPS) is 17.8. The number of thioether (sulfide) groups is 1. The van der Waals surface area contributed by atoms with Gasteiger partial charge in [-0.3, -0.25) is 4.79 Å². The topological polar surface area (TPSA) is 62.2 Å². The molecule has 19 heavy (non-hydrogen) atoms. The molecule has 0 aromatic carbocycles. The summed E-state index contributed by atoms with van der Waals surface area (Å²) in [5.41, 5.74) is -0.302. The predicted molar refractivity (Wildman–Crippen MR) is 81.4 cm³/mol. The Morgan fingerprint density at radius 3 is 2.79 bits per heavy atom. The third-order valence-corrected chi connectivity index (χ3v) is 6.16. The average molecular weight is 300 g/mol. The van der Waals surface area contributed by atoms with Crippen LogP contribution in [-0.4, -0.2) is 33.6 Å². The van der Waals surface area contributed by atoms with Crippen LogP contribution in [0.3, 0.4) is 0 Å². The third kappa shape index (κ3) is 2.89. The summed E-state index contributed by atoms with van der Waals surface area (Å²) in [6.07, 6.45) is 5.96. The first kappa shape index (κ1) is 14.7. The lowest BCUT2D eigenvalue weighted by atomic mass is 9.84. The van der Waals surface area contributed by atoms with Gasteiger partial charge in [-0.25, -0.2) is 4.98 Å². The number of aliphatic carboxylic acids is 1. The summed E-state index contributed by atoms with van der Waals surface area (Å²) in [6.45, 7) is 4.28. The number of thiazole rings is 1. The van der Waals surface area contributed by atoms with E-state index < -0.39 is 11.4 Å². The first-order chi connectivity index (χ1) is 8.89. The third-order valence-electron chi connectivity index (χ3n) is 3.94. The number of hydrogen-bond acceptors (Lipinski definition) is 5. The molecule has 0 spiro atoms. The van der Waals surface area contributed by atoms with E-state index in [1.165, 1.54) is 30.6 Å². The monoisotopic (exact) mass is 300 g/mol. The second-order valence-corrected chi connectivity index (χ2v) is 7.69. The highest BCUT2D eigenvalue weighted by atomic mass is 32.2. The fraction of sp³-hybridized carbons (Fsp3) is 0.692. The van der Waals surface area contributed by atoms with Crippen LogP contribution in [0.15, 0.2) is 5.38 Å². The largest absolute Gasteiger partial charge is 0.481 e. The molecule has 1 aromatic heterocycles. The van der Waals surface area contributed by atoms with E-state index in [1.807, 2.05) is 17.1 Å². The van der Waals surface area contributed by atoms with Crippen LogP contribution in [-0.2, 0) is 10.2 Å². The first-order valence-electron chi connectivity index (χ1n) is 6.38. The van der Waals surface area contributed by atoms with E-state index in [9.17, 15) is 9.90 Å². The van der Waals surface area contributed by atoms with Crippen LogP contribution in [0, 0.1) is 0 Å². The van der Waals surface area contributed by atoms with Crippen molar-refractivity contribution in [3.05, 3.63) is 11.1 Å². The van der Waals surface area contributed by atoms with Gasteiger partial charge in [-0.1, -0.05) is 6.42 Å². The maximum atomic E-state index is 11.2. The van der Waals surface area contributed by atoms with Gasteiger partial charge in [0.05, 0.1) is 5.69 Å². The summed E-state index contributed by atoms with van der Waals surface area (Å²) in [4.78, 5) is 15.6. The van der Waals surface area contributed by atoms with Crippen LogP contribution in [0.1, 0.15) is 38.8 Å². The van der Waals surface area contributed by atoms with Crippen LogP contribution in [0.5, 0.6) is 0 Å². The maximum absolute atomic E-state index is 11.2.